The molecule has 0 radical (unpaired) electrons. The summed E-state index contributed by atoms with van der Waals surface area (Å²) in [7, 11) is 0. The molecule has 0 spiro atoms. The molecule has 3 heteroatoms. The maximum atomic E-state index is 5.66. The van der Waals surface area contributed by atoms with Gasteiger partial charge in [0.1, 0.15) is 0 Å². The smallest absolute Gasteiger partial charge is 0.0400 e. The third-order valence-electron chi connectivity index (χ3n) is 2.17. The van der Waals surface area contributed by atoms with Crippen LogP contribution in [0, 0.1) is 6.92 Å². The molecule has 14 heavy (non-hydrogen) atoms. The van der Waals surface area contributed by atoms with Gasteiger partial charge in [0.2, 0.25) is 0 Å². The molecule has 0 aliphatic heterocycles. The summed E-state index contributed by atoms with van der Waals surface area (Å²) in [6, 6.07) is 2.30. The fourth-order valence-electron chi connectivity index (χ4n) is 1.32. The summed E-state index contributed by atoms with van der Waals surface area (Å²) in [6.45, 7) is 5.07. The number of nitrogens with one attached hydrogen (secondary N) is 1. The van der Waals surface area contributed by atoms with Crippen LogP contribution in [0.15, 0.2) is 18.5 Å². The second-order valence-corrected chi connectivity index (χ2v) is 3.74. The van der Waals surface area contributed by atoms with E-state index in [2.05, 4.69) is 17.2 Å². The molecule has 0 amide bonds. The molecule has 3 nitrogen and oxygen atoms in total. The maximum absolute atomic E-state index is 5.66. The van der Waals surface area contributed by atoms with E-state index in [4.69, 9.17) is 5.73 Å². The van der Waals surface area contributed by atoms with Crippen molar-refractivity contribution < 1.29 is 0 Å². The summed E-state index contributed by atoms with van der Waals surface area (Å²) in [6.07, 6.45) is 5.85. The zero-order valence-electron chi connectivity index (χ0n) is 8.96. The monoisotopic (exact) mass is 193 g/mol. The summed E-state index contributed by atoms with van der Waals surface area (Å²) >= 11 is 0. The molecule has 0 aliphatic carbocycles. The number of rotatable bonds is 5. The van der Waals surface area contributed by atoms with Crippen molar-refractivity contribution in [1.29, 1.82) is 0 Å². The Bertz CT molecular complexity index is 271. The van der Waals surface area contributed by atoms with Crippen LogP contribution in [0.25, 0.3) is 0 Å². The Balaban J connectivity index is 2.28. The van der Waals surface area contributed by atoms with Gasteiger partial charge in [-0.3, -0.25) is 4.98 Å². The van der Waals surface area contributed by atoms with E-state index < -0.39 is 0 Å². The van der Waals surface area contributed by atoms with Gasteiger partial charge in [-0.2, -0.15) is 0 Å². The Morgan fingerprint density at radius 3 is 3.00 bits per heavy atom. The lowest BCUT2D eigenvalue weighted by atomic mass is 10.2. The summed E-state index contributed by atoms with van der Waals surface area (Å²) in [4.78, 5) is 4.04. The van der Waals surface area contributed by atoms with Gasteiger partial charge < -0.3 is 11.1 Å². The fourth-order valence-corrected chi connectivity index (χ4v) is 1.32. The van der Waals surface area contributed by atoms with E-state index in [0.717, 1.165) is 19.4 Å². The number of pyridine rings is 1. The SMILES string of the molecule is Cc1cnccc1NCCCC(C)N. The molecule has 1 aromatic rings. The number of hydrogen-bond donors (Lipinski definition) is 2. The summed E-state index contributed by atoms with van der Waals surface area (Å²) in [5, 5.41) is 3.37. The van der Waals surface area contributed by atoms with Crippen molar-refractivity contribution in [3.63, 3.8) is 0 Å². The highest BCUT2D eigenvalue weighted by Gasteiger charge is 1.97. The number of nitrogens with two attached hydrogens (primary N) is 1. The summed E-state index contributed by atoms with van der Waals surface area (Å²) in [5.74, 6) is 0. The molecule has 0 fully saturated rings. The lowest BCUT2D eigenvalue weighted by Crippen LogP contribution is -2.16. The lowest BCUT2D eigenvalue weighted by molar-refractivity contribution is 0.639. The fraction of sp³-hybridized carbons (Fsp3) is 0.545. The average Bonchev–Trinajstić information content (AvgIpc) is 2.15. The molecule has 1 unspecified atom stereocenters. The number of nitrogens with zero attached hydrogens (tertiary/aromatic N) is 1. The number of anilines is 1. The molecule has 1 atom stereocenters. The van der Waals surface area contributed by atoms with E-state index in [1.165, 1.54) is 11.3 Å². The zero-order chi connectivity index (χ0) is 10.4. The highest BCUT2D eigenvalue weighted by molar-refractivity contribution is 5.48. The van der Waals surface area contributed by atoms with Gasteiger partial charge in [-0.15, -0.1) is 0 Å². The Kier molecular flexibility index (Phi) is 4.40. The van der Waals surface area contributed by atoms with E-state index in [1.807, 2.05) is 19.2 Å². The number of aromatic nitrogens is 1. The van der Waals surface area contributed by atoms with Crippen molar-refractivity contribution in [2.45, 2.75) is 32.7 Å². The predicted molar refractivity (Wildman–Crippen MR) is 60.3 cm³/mol. The van der Waals surface area contributed by atoms with Gasteiger partial charge in [0.05, 0.1) is 0 Å². The van der Waals surface area contributed by atoms with Gasteiger partial charge in [-0.1, -0.05) is 0 Å². The van der Waals surface area contributed by atoms with Gasteiger partial charge in [-0.25, -0.2) is 0 Å². The summed E-state index contributed by atoms with van der Waals surface area (Å²) < 4.78 is 0. The second kappa shape index (κ2) is 5.60. The third kappa shape index (κ3) is 3.75. The van der Waals surface area contributed by atoms with Crippen LogP contribution in [0.2, 0.25) is 0 Å². The molecule has 0 bridgehead atoms. The highest BCUT2D eigenvalue weighted by Crippen LogP contribution is 2.11. The molecule has 0 aromatic carbocycles. The minimum absolute atomic E-state index is 0.301. The van der Waals surface area contributed by atoms with Gasteiger partial charge in [0.25, 0.3) is 0 Å². The first kappa shape index (κ1) is 11.0. The van der Waals surface area contributed by atoms with E-state index in [1.54, 1.807) is 6.20 Å². The van der Waals surface area contributed by atoms with Gasteiger partial charge >= 0.3 is 0 Å². The second-order valence-electron chi connectivity index (χ2n) is 3.74. The van der Waals surface area contributed by atoms with Crippen LogP contribution >= 0.6 is 0 Å². The van der Waals surface area contributed by atoms with Crippen molar-refractivity contribution in [3.8, 4) is 0 Å². The third-order valence-corrected chi connectivity index (χ3v) is 2.17. The Morgan fingerprint density at radius 1 is 1.57 bits per heavy atom. The molecule has 1 aromatic heterocycles. The van der Waals surface area contributed by atoms with E-state index in [9.17, 15) is 0 Å². The quantitative estimate of drug-likeness (QED) is 0.702. The molecule has 78 valence electrons. The van der Waals surface area contributed by atoms with E-state index in [-0.39, 0.29) is 0 Å². The predicted octanol–water partition coefficient (Wildman–Crippen LogP) is 1.93. The van der Waals surface area contributed by atoms with Crippen LogP contribution < -0.4 is 11.1 Å². The first-order valence-corrected chi connectivity index (χ1v) is 5.10. The topological polar surface area (TPSA) is 50.9 Å². The number of hydrogen-bond acceptors (Lipinski definition) is 3. The molecule has 0 saturated carbocycles. The van der Waals surface area contributed by atoms with Crippen LogP contribution in [0.5, 0.6) is 0 Å². The lowest BCUT2D eigenvalue weighted by Gasteiger charge is -2.09. The Hall–Kier alpha value is -1.09. The molecule has 1 rings (SSSR count). The highest BCUT2D eigenvalue weighted by atomic mass is 14.9. The van der Waals surface area contributed by atoms with Crippen molar-refractivity contribution in [3.05, 3.63) is 24.0 Å². The van der Waals surface area contributed by atoms with Gasteiger partial charge in [-0.05, 0) is 38.3 Å². The Labute approximate surface area is 85.7 Å². The molecular weight excluding hydrogens is 174 g/mol. The van der Waals surface area contributed by atoms with Crippen LogP contribution in [-0.4, -0.2) is 17.6 Å². The normalized spacial score (nSPS) is 12.5. The van der Waals surface area contributed by atoms with Crippen LogP contribution in [0.4, 0.5) is 5.69 Å². The molecule has 0 aliphatic rings. The zero-order valence-corrected chi connectivity index (χ0v) is 8.96. The summed E-state index contributed by atoms with van der Waals surface area (Å²) in [5.41, 5.74) is 8.02. The van der Waals surface area contributed by atoms with Crippen molar-refractivity contribution in [2.24, 2.45) is 5.73 Å². The maximum Gasteiger partial charge on any atom is 0.0400 e. The van der Waals surface area contributed by atoms with Gasteiger partial charge in [0.15, 0.2) is 0 Å². The molecular formula is C11H19N3. The average molecular weight is 193 g/mol. The van der Waals surface area contributed by atoms with E-state index >= 15 is 0 Å². The first-order valence-electron chi connectivity index (χ1n) is 5.10. The minimum atomic E-state index is 0.301. The molecule has 0 saturated heterocycles. The van der Waals surface area contributed by atoms with Crippen molar-refractivity contribution >= 4 is 5.69 Å². The minimum Gasteiger partial charge on any atom is -0.385 e. The standard InChI is InChI=1S/C11H19N3/c1-9-8-13-7-5-11(9)14-6-3-4-10(2)12/h5,7-8,10H,3-4,6,12H2,1-2H3,(H,13,14). The Morgan fingerprint density at radius 2 is 2.36 bits per heavy atom. The van der Waals surface area contributed by atoms with Gasteiger partial charge in [0, 0.05) is 30.7 Å². The van der Waals surface area contributed by atoms with Crippen molar-refractivity contribution in [1.82, 2.24) is 4.98 Å². The number of aryl methyl sites for hydroxylation is 1. The van der Waals surface area contributed by atoms with Crippen LogP contribution in [0.3, 0.4) is 0 Å². The largest absolute Gasteiger partial charge is 0.385 e. The molecule has 3 N–H and O–H groups in total. The van der Waals surface area contributed by atoms with Crippen LogP contribution in [-0.2, 0) is 0 Å². The first-order chi connectivity index (χ1) is 6.70. The van der Waals surface area contributed by atoms with E-state index in [0.29, 0.717) is 6.04 Å². The van der Waals surface area contributed by atoms with Crippen molar-refractivity contribution in [2.75, 3.05) is 11.9 Å². The van der Waals surface area contributed by atoms with Crippen LogP contribution in [0.1, 0.15) is 25.3 Å². The molecule has 1 heterocycles.